The van der Waals surface area contributed by atoms with E-state index in [0.29, 0.717) is 0 Å². The van der Waals surface area contributed by atoms with Crippen LogP contribution in [-0.2, 0) is 14.3 Å². The molecule has 0 aromatic rings. The van der Waals surface area contributed by atoms with E-state index in [1.54, 1.807) is 0 Å². The Labute approximate surface area is 85.4 Å². The van der Waals surface area contributed by atoms with Crippen molar-refractivity contribution in [1.29, 1.82) is 0 Å². The minimum atomic E-state index is 0. The fourth-order valence-corrected chi connectivity index (χ4v) is 0.0227. The van der Waals surface area contributed by atoms with Gasteiger partial charge < -0.3 is 4.74 Å². The van der Waals surface area contributed by atoms with Crippen molar-refractivity contribution in [3.05, 3.63) is 0 Å². The average molecular weight is 122 g/mol. The predicted octanol–water partition coefficient (Wildman–Crippen LogP) is -1.98. The van der Waals surface area contributed by atoms with Gasteiger partial charge in [0.05, 0.1) is 0 Å². The Kier molecular flexibility index (Phi) is 35.2. The fourth-order valence-electron chi connectivity index (χ4n) is 0.0227. The first-order valence-electron chi connectivity index (χ1n) is 0.943. The van der Waals surface area contributed by atoms with Crippen LogP contribution in [0.1, 0.15) is 0 Å². The summed E-state index contributed by atoms with van der Waals surface area (Å²) < 4.78 is 3.47. The molecule has 0 rings (SSSR count). The summed E-state index contributed by atoms with van der Waals surface area (Å²) in [6.07, 6.45) is 0. The van der Waals surface area contributed by atoms with Crippen LogP contribution in [0.15, 0.2) is 0 Å². The average Bonchev–Trinajstić information content (AvgIpc) is 1.41. The van der Waals surface area contributed by atoms with Gasteiger partial charge in [-0.25, -0.2) is 0 Å². The Morgan fingerprint density at radius 2 is 1.29 bits per heavy atom. The first-order valence-corrected chi connectivity index (χ1v) is 0.943. The number of ether oxygens (including phenoxy) is 1. The Morgan fingerprint density at radius 3 is 1.29 bits per heavy atom. The van der Waals surface area contributed by atoms with E-state index >= 15 is 0 Å². The van der Waals surface area contributed by atoms with E-state index in [0.717, 1.165) is 0 Å². The quantitative estimate of drug-likeness (QED) is 0.242. The van der Waals surface area contributed by atoms with Crippen molar-refractivity contribution in [2.24, 2.45) is 0 Å². The zero-order valence-corrected chi connectivity index (χ0v) is 2.38. The second-order valence-corrected chi connectivity index (χ2v) is 0.329. The summed E-state index contributed by atoms with van der Waals surface area (Å²) in [5.74, 6) is 0. The summed E-state index contributed by atoms with van der Waals surface area (Å²) in [7, 11) is 0. The van der Waals surface area contributed by atoms with Crippen molar-refractivity contribution in [3.8, 4) is 0 Å². The Morgan fingerprint density at radius 1 is 1.00 bits per heavy atom. The zero-order chi connectivity index (χ0) is 4.12. The molecule has 0 N–H and O–H groups in total. The molecule has 3 nitrogen and oxygen atoms in total. The van der Waals surface area contributed by atoms with E-state index in [9.17, 15) is 0 Å². The van der Waals surface area contributed by atoms with Gasteiger partial charge in [0.25, 0.3) is 0 Å². The van der Waals surface area contributed by atoms with Crippen LogP contribution in [0, 0.1) is 0 Å². The molecule has 0 amide bonds. The molecule has 32 valence electrons. The summed E-state index contributed by atoms with van der Waals surface area (Å²) >= 11 is 0. The number of carbonyl (C=O) groups is 2. The maximum absolute atomic E-state index is 8.95. The van der Waals surface area contributed by atoms with Crippen LogP contribution >= 0.6 is 0 Å². The molecule has 0 saturated heterocycles. The minimum absolute atomic E-state index is 0. The fraction of sp³-hybridized carbons (Fsp3) is 0. The second kappa shape index (κ2) is 15.7. The Hall–Kier alpha value is 1.14. The Bertz CT molecular complexity index is 40.2. The van der Waals surface area contributed by atoms with E-state index in [-0.39, 0.29) is 72.1 Å². The van der Waals surface area contributed by atoms with Crippen LogP contribution in [0.5, 0.6) is 0 Å². The van der Waals surface area contributed by atoms with Gasteiger partial charge in [0.15, 0.2) is 0 Å². The third-order valence-corrected chi connectivity index (χ3v) is 0.111. The molecular formula is C2H4Na2O3. The van der Waals surface area contributed by atoms with Crippen molar-refractivity contribution in [2.75, 3.05) is 0 Å². The molecule has 0 aromatic heterocycles. The molecule has 5 heteroatoms. The molecule has 0 bridgehead atoms. The van der Waals surface area contributed by atoms with Gasteiger partial charge in [-0.2, -0.15) is 0 Å². The van der Waals surface area contributed by atoms with Crippen LogP contribution in [-0.4, -0.2) is 72.1 Å². The molecule has 0 heterocycles. The van der Waals surface area contributed by atoms with E-state index in [1.165, 1.54) is 0 Å². The number of hydrogen-bond acceptors (Lipinski definition) is 3. The SMILES string of the molecule is O=COC=O.[NaH].[NaH]. The molecular weight excluding hydrogens is 118 g/mol. The Balaban J connectivity index is -0.0000000800. The first-order chi connectivity index (χ1) is 2.41. The van der Waals surface area contributed by atoms with Crippen LogP contribution in [0.3, 0.4) is 0 Å². The molecule has 7 heavy (non-hydrogen) atoms. The van der Waals surface area contributed by atoms with Gasteiger partial charge in [-0.05, 0) is 0 Å². The summed E-state index contributed by atoms with van der Waals surface area (Å²) in [5, 5.41) is 0. The van der Waals surface area contributed by atoms with Crippen molar-refractivity contribution in [1.82, 2.24) is 0 Å². The van der Waals surface area contributed by atoms with Crippen LogP contribution in [0.25, 0.3) is 0 Å². The van der Waals surface area contributed by atoms with Crippen LogP contribution in [0.4, 0.5) is 0 Å². The van der Waals surface area contributed by atoms with Crippen molar-refractivity contribution < 1.29 is 14.3 Å². The van der Waals surface area contributed by atoms with Crippen LogP contribution < -0.4 is 0 Å². The van der Waals surface area contributed by atoms with Crippen molar-refractivity contribution in [2.45, 2.75) is 0 Å². The molecule has 0 aliphatic carbocycles. The van der Waals surface area contributed by atoms with Crippen molar-refractivity contribution in [3.63, 3.8) is 0 Å². The summed E-state index contributed by atoms with van der Waals surface area (Å²) in [5.41, 5.74) is 0. The number of hydrogen-bond donors (Lipinski definition) is 0. The summed E-state index contributed by atoms with van der Waals surface area (Å²) in [6.45, 7) is 0.125. The van der Waals surface area contributed by atoms with Gasteiger partial charge in [-0.3, -0.25) is 9.59 Å². The molecule has 0 aliphatic heterocycles. The predicted molar refractivity (Wildman–Crippen MR) is 27.5 cm³/mol. The monoisotopic (exact) mass is 122 g/mol. The normalized spacial score (nSPS) is 4.00. The molecule has 0 unspecified atom stereocenters. The molecule has 0 radical (unpaired) electrons. The van der Waals surface area contributed by atoms with E-state index in [1.807, 2.05) is 0 Å². The zero-order valence-electron chi connectivity index (χ0n) is 2.38. The third-order valence-electron chi connectivity index (χ3n) is 0.111. The van der Waals surface area contributed by atoms with E-state index in [4.69, 9.17) is 9.59 Å². The third kappa shape index (κ3) is 19.1. The van der Waals surface area contributed by atoms with Crippen LogP contribution in [0.2, 0.25) is 0 Å². The van der Waals surface area contributed by atoms with Gasteiger partial charge in [-0.15, -0.1) is 0 Å². The van der Waals surface area contributed by atoms with Gasteiger partial charge in [0.1, 0.15) is 0 Å². The number of rotatable bonds is 2. The molecule has 0 fully saturated rings. The molecule has 0 aliphatic rings. The topological polar surface area (TPSA) is 43.4 Å². The van der Waals surface area contributed by atoms with Gasteiger partial charge in [0, 0.05) is 0 Å². The number of carbonyl (C=O) groups excluding carboxylic acids is 2. The van der Waals surface area contributed by atoms with Gasteiger partial charge in [-0.1, -0.05) is 0 Å². The standard InChI is InChI=1S/C2H2O3.2Na.2H/c3-1-5-2-4;;;;/h1-2H;;;;. The summed E-state index contributed by atoms with van der Waals surface area (Å²) in [4.78, 5) is 17.9. The molecule has 0 saturated carbocycles. The van der Waals surface area contributed by atoms with E-state index in [2.05, 4.69) is 4.74 Å². The molecule has 0 aromatic carbocycles. The molecule has 0 spiro atoms. The van der Waals surface area contributed by atoms with Gasteiger partial charge >= 0.3 is 72.1 Å². The van der Waals surface area contributed by atoms with Gasteiger partial charge in [0.2, 0.25) is 0 Å². The maximum atomic E-state index is 8.95. The second-order valence-electron chi connectivity index (χ2n) is 0.329. The van der Waals surface area contributed by atoms with Crippen molar-refractivity contribution >= 4 is 72.1 Å². The first kappa shape index (κ1) is 15.7. The summed E-state index contributed by atoms with van der Waals surface area (Å²) in [6, 6.07) is 0. The van der Waals surface area contributed by atoms with E-state index < -0.39 is 0 Å². The molecule has 0 atom stereocenters.